The van der Waals surface area contributed by atoms with E-state index in [1.807, 2.05) is 19.2 Å². The lowest BCUT2D eigenvalue weighted by Gasteiger charge is -2.24. The van der Waals surface area contributed by atoms with E-state index in [4.69, 9.17) is 11.6 Å². The summed E-state index contributed by atoms with van der Waals surface area (Å²) in [6.07, 6.45) is 2.42. The summed E-state index contributed by atoms with van der Waals surface area (Å²) in [6, 6.07) is 3.84. The molecule has 1 aromatic heterocycles. The molecule has 0 aliphatic carbocycles. The molecule has 1 rings (SSSR count). The fourth-order valence-corrected chi connectivity index (χ4v) is 2.26. The maximum Gasteiger partial charge on any atom is 0.126 e. The average Bonchev–Trinajstić information content (AvgIpc) is 2.43. The zero-order valence-corrected chi connectivity index (χ0v) is 14.9. The Balaban J connectivity index is 2.73. The van der Waals surface area contributed by atoms with Crippen LogP contribution in [0.4, 0.5) is 5.82 Å². The number of aromatic nitrogens is 1. The first kappa shape index (κ1) is 18.2. The fourth-order valence-electron chi connectivity index (χ4n) is 2.10. The van der Waals surface area contributed by atoms with Crippen molar-refractivity contribution in [2.45, 2.75) is 47.1 Å². The Morgan fingerprint density at radius 1 is 1.10 bits per heavy atom. The molecule has 0 aliphatic rings. The second-order valence-electron chi connectivity index (χ2n) is 6.52. The fraction of sp³-hybridized carbons (Fsp3) is 0.706. The molecule has 0 spiro atoms. The van der Waals surface area contributed by atoms with Gasteiger partial charge in [-0.3, -0.25) is 4.90 Å². The molecular formula is C17H30ClN3. The lowest BCUT2D eigenvalue weighted by Crippen LogP contribution is -2.28. The van der Waals surface area contributed by atoms with Crippen LogP contribution in [0.3, 0.4) is 0 Å². The molecule has 0 saturated heterocycles. The summed E-state index contributed by atoms with van der Waals surface area (Å²) in [7, 11) is 1.88. The lowest BCUT2D eigenvalue weighted by molar-refractivity contribution is 0.233. The van der Waals surface area contributed by atoms with E-state index >= 15 is 0 Å². The maximum absolute atomic E-state index is 6.31. The molecule has 120 valence electrons. The molecule has 1 aromatic rings. The van der Waals surface area contributed by atoms with Crippen LogP contribution in [-0.4, -0.2) is 30.0 Å². The van der Waals surface area contributed by atoms with Crippen LogP contribution >= 0.6 is 11.6 Å². The minimum Gasteiger partial charge on any atom is -0.373 e. The first-order valence-electron chi connectivity index (χ1n) is 7.98. The van der Waals surface area contributed by atoms with Crippen LogP contribution < -0.4 is 5.32 Å². The van der Waals surface area contributed by atoms with Crippen LogP contribution in [-0.2, 0) is 6.54 Å². The van der Waals surface area contributed by atoms with Crippen molar-refractivity contribution in [3.05, 3.63) is 22.8 Å². The Bertz CT molecular complexity index is 406. The number of hydrogen-bond acceptors (Lipinski definition) is 3. The second kappa shape index (κ2) is 9.26. The van der Waals surface area contributed by atoms with E-state index in [-0.39, 0.29) is 0 Å². The van der Waals surface area contributed by atoms with Crippen molar-refractivity contribution in [2.75, 3.05) is 25.5 Å². The molecule has 0 aromatic carbocycles. The van der Waals surface area contributed by atoms with Gasteiger partial charge >= 0.3 is 0 Å². The molecule has 21 heavy (non-hydrogen) atoms. The van der Waals surface area contributed by atoms with Crippen molar-refractivity contribution in [3.63, 3.8) is 0 Å². The molecule has 0 radical (unpaired) electrons. The highest BCUT2D eigenvalue weighted by molar-refractivity contribution is 6.31. The van der Waals surface area contributed by atoms with E-state index in [1.54, 1.807) is 0 Å². The molecule has 0 saturated carbocycles. The summed E-state index contributed by atoms with van der Waals surface area (Å²) in [5, 5.41) is 3.84. The SMILES string of the molecule is CNc1ccc(Cl)c(CN(CCC(C)C)CCC(C)C)n1. The Morgan fingerprint density at radius 3 is 2.14 bits per heavy atom. The zero-order valence-electron chi connectivity index (χ0n) is 14.1. The summed E-state index contributed by atoms with van der Waals surface area (Å²) in [4.78, 5) is 7.08. The number of halogens is 1. The smallest absolute Gasteiger partial charge is 0.126 e. The van der Waals surface area contributed by atoms with Crippen molar-refractivity contribution >= 4 is 17.4 Å². The number of nitrogens with zero attached hydrogens (tertiary/aromatic N) is 2. The van der Waals surface area contributed by atoms with Gasteiger partial charge in [-0.2, -0.15) is 0 Å². The monoisotopic (exact) mass is 311 g/mol. The maximum atomic E-state index is 6.31. The molecule has 1 N–H and O–H groups in total. The third kappa shape index (κ3) is 7.14. The number of rotatable bonds is 9. The van der Waals surface area contributed by atoms with Gasteiger partial charge in [0.05, 0.1) is 10.7 Å². The van der Waals surface area contributed by atoms with Gasteiger partial charge in [-0.05, 0) is 49.9 Å². The Hall–Kier alpha value is -0.800. The van der Waals surface area contributed by atoms with Crippen molar-refractivity contribution in [1.82, 2.24) is 9.88 Å². The van der Waals surface area contributed by atoms with Crippen LogP contribution in [0.25, 0.3) is 0 Å². The largest absolute Gasteiger partial charge is 0.373 e. The van der Waals surface area contributed by atoms with E-state index in [1.165, 1.54) is 12.8 Å². The number of nitrogens with one attached hydrogen (secondary N) is 1. The zero-order chi connectivity index (χ0) is 15.8. The first-order chi connectivity index (χ1) is 9.92. The molecule has 0 unspecified atom stereocenters. The van der Waals surface area contributed by atoms with Crippen molar-refractivity contribution in [3.8, 4) is 0 Å². The van der Waals surface area contributed by atoms with Gasteiger partial charge in [0.15, 0.2) is 0 Å². The highest BCUT2D eigenvalue weighted by atomic mass is 35.5. The highest BCUT2D eigenvalue weighted by Crippen LogP contribution is 2.19. The molecule has 1 heterocycles. The quantitative estimate of drug-likeness (QED) is 0.718. The minimum atomic E-state index is 0.721. The van der Waals surface area contributed by atoms with Crippen LogP contribution in [0.5, 0.6) is 0 Å². The Morgan fingerprint density at radius 2 is 1.67 bits per heavy atom. The molecule has 0 bridgehead atoms. The predicted octanol–water partition coefficient (Wildman–Crippen LogP) is 4.67. The standard InChI is InChI=1S/C17H30ClN3/c1-13(2)8-10-21(11-9-14(3)4)12-16-15(18)6-7-17(19-5)20-16/h6-7,13-14H,8-12H2,1-5H3,(H,19,20). The van der Waals surface area contributed by atoms with Crippen LogP contribution in [0, 0.1) is 11.8 Å². The van der Waals surface area contributed by atoms with Gasteiger partial charge in [-0.25, -0.2) is 4.98 Å². The first-order valence-corrected chi connectivity index (χ1v) is 8.35. The van der Waals surface area contributed by atoms with E-state index in [9.17, 15) is 0 Å². The van der Waals surface area contributed by atoms with Crippen molar-refractivity contribution in [2.24, 2.45) is 11.8 Å². The van der Waals surface area contributed by atoms with Crippen LogP contribution in [0.15, 0.2) is 12.1 Å². The lowest BCUT2D eigenvalue weighted by atomic mass is 10.1. The van der Waals surface area contributed by atoms with Gasteiger partial charge < -0.3 is 5.32 Å². The Kier molecular flexibility index (Phi) is 8.05. The third-order valence-corrected chi connectivity index (χ3v) is 3.94. The topological polar surface area (TPSA) is 28.2 Å². The molecular weight excluding hydrogens is 282 g/mol. The van der Waals surface area contributed by atoms with Gasteiger partial charge in [-0.1, -0.05) is 39.3 Å². The average molecular weight is 312 g/mol. The van der Waals surface area contributed by atoms with Gasteiger partial charge in [0.25, 0.3) is 0 Å². The normalized spacial score (nSPS) is 11.7. The minimum absolute atomic E-state index is 0.721. The predicted molar refractivity (Wildman–Crippen MR) is 93.0 cm³/mol. The summed E-state index contributed by atoms with van der Waals surface area (Å²) in [6.45, 7) is 12.1. The van der Waals surface area contributed by atoms with Crippen molar-refractivity contribution < 1.29 is 0 Å². The van der Waals surface area contributed by atoms with E-state index in [2.05, 4.69) is 42.9 Å². The summed E-state index contributed by atoms with van der Waals surface area (Å²) in [5.41, 5.74) is 0.969. The Labute approximate surface area is 135 Å². The van der Waals surface area contributed by atoms with Crippen LogP contribution in [0.2, 0.25) is 5.02 Å². The number of pyridine rings is 1. The van der Waals surface area contributed by atoms with E-state index < -0.39 is 0 Å². The molecule has 0 amide bonds. The van der Waals surface area contributed by atoms with Crippen LogP contribution in [0.1, 0.15) is 46.2 Å². The molecule has 0 atom stereocenters. The summed E-state index contributed by atoms with van der Waals surface area (Å²) >= 11 is 6.31. The highest BCUT2D eigenvalue weighted by Gasteiger charge is 2.12. The second-order valence-corrected chi connectivity index (χ2v) is 6.92. The summed E-state index contributed by atoms with van der Waals surface area (Å²) < 4.78 is 0. The van der Waals surface area contributed by atoms with Gasteiger partial charge in [0.1, 0.15) is 5.82 Å². The molecule has 0 fully saturated rings. The molecule has 3 nitrogen and oxygen atoms in total. The van der Waals surface area contributed by atoms with Gasteiger partial charge in [-0.15, -0.1) is 0 Å². The van der Waals surface area contributed by atoms with Gasteiger partial charge in [0.2, 0.25) is 0 Å². The summed E-state index contributed by atoms with van der Waals surface area (Å²) in [5.74, 6) is 2.32. The molecule has 4 heteroatoms. The van der Waals surface area contributed by atoms with E-state index in [0.29, 0.717) is 0 Å². The van der Waals surface area contributed by atoms with Gasteiger partial charge in [0, 0.05) is 13.6 Å². The van der Waals surface area contributed by atoms with Crippen molar-refractivity contribution in [1.29, 1.82) is 0 Å². The molecule has 0 aliphatic heterocycles. The third-order valence-electron chi connectivity index (χ3n) is 3.59. The number of anilines is 1. The number of hydrogen-bond donors (Lipinski definition) is 1. The van der Waals surface area contributed by atoms with E-state index in [0.717, 1.165) is 48.0 Å².